The molecule has 0 unspecified atom stereocenters. The molecule has 2 heteroatoms. The zero-order valence-electron chi connectivity index (χ0n) is 4.83. The van der Waals surface area contributed by atoms with Gasteiger partial charge in [0.25, 0.3) is 0 Å². The maximum atomic E-state index is 2.36. The second-order valence-electron chi connectivity index (χ2n) is 2.68. The van der Waals surface area contributed by atoms with Crippen molar-refractivity contribution in [3.05, 3.63) is 0 Å². The van der Waals surface area contributed by atoms with Crippen molar-refractivity contribution in [3.8, 4) is 0 Å². The monoisotopic (exact) mass is 214 g/mol. The molecule has 0 saturated heterocycles. The molecular formula is C4H12AsBr. The van der Waals surface area contributed by atoms with Crippen LogP contribution in [-0.4, -0.2) is 13.6 Å². The number of hydrogen-bond acceptors (Lipinski definition) is 0. The molecule has 6 heavy (non-hydrogen) atoms. The normalized spacial score (nSPS) is 10.0. The number of halogens is 1. The number of rotatable bonds is 0. The second-order valence-corrected chi connectivity index (χ2v) is 13.9. The van der Waals surface area contributed by atoms with Crippen LogP contribution in [0.25, 0.3) is 0 Å². The van der Waals surface area contributed by atoms with Crippen LogP contribution in [0.15, 0.2) is 0 Å². The van der Waals surface area contributed by atoms with Gasteiger partial charge in [-0.15, -0.1) is 0 Å². The predicted octanol–water partition coefficient (Wildman–Crippen LogP) is -1.04. The van der Waals surface area contributed by atoms with Crippen molar-refractivity contribution in [1.29, 1.82) is 0 Å². The van der Waals surface area contributed by atoms with Gasteiger partial charge in [-0.3, -0.25) is 0 Å². The minimum atomic E-state index is -0.875. The molecule has 0 amide bonds. The van der Waals surface area contributed by atoms with Gasteiger partial charge in [-0.1, -0.05) is 0 Å². The molecule has 0 rings (SSSR count). The van der Waals surface area contributed by atoms with Gasteiger partial charge < -0.3 is 17.0 Å². The van der Waals surface area contributed by atoms with Gasteiger partial charge in [0.2, 0.25) is 0 Å². The van der Waals surface area contributed by atoms with E-state index < -0.39 is 13.6 Å². The summed E-state index contributed by atoms with van der Waals surface area (Å²) in [6.45, 7) is 0. The summed E-state index contributed by atoms with van der Waals surface area (Å²) in [5.41, 5.74) is 9.44. The first-order valence-electron chi connectivity index (χ1n) is 1.79. The van der Waals surface area contributed by atoms with Crippen LogP contribution in [0.2, 0.25) is 22.8 Å². The van der Waals surface area contributed by atoms with Crippen LogP contribution in [0.1, 0.15) is 0 Å². The number of hydrogen-bond donors (Lipinski definition) is 0. The van der Waals surface area contributed by atoms with E-state index in [1.54, 1.807) is 0 Å². The van der Waals surface area contributed by atoms with Crippen LogP contribution in [0.5, 0.6) is 0 Å². The van der Waals surface area contributed by atoms with E-state index in [2.05, 4.69) is 22.8 Å². The van der Waals surface area contributed by atoms with Crippen LogP contribution >= 0.6 is 0 Å². The van der Waals surface area contributed by atoms with Crippen LogP contribution < -0.4 is 17.0 Å². The van der Waals surface area contributed by atoms with Crippen molar-refractivity contribution >= 4 is 13.6 Å². The Morgan fingerprint density at radius 3 is 0.833 bits per heavy atom. The molecule has 0 N–H and O–H groups in total. The smallest absolute Gasteiger partial charge is 1.00 e. The van der Waals surface area contributed by atoms with E-state index in [9.17, 15) is 0 Å². The van der Waals surface area contributed by atoms with Crippen molar-refractivity contribution in [2.45, 2.75) is 22.8 Å². The fourth-order valence-electron chi connectivity index (χ4n) is 0. The first-order chi connectivity index (χ1) is 2.00. The Kier molecular flexibility index (Phi) is 5.21. The summed E-state index contributed by atoms with van der Waals surface area (Å²) in [6.07, 6.45) is 0. The predicted molar refractivity (Wildman–Crippen MR) is 29.2 cm³/mol. The molecule has 0 aromatic heterocycles. The van der Waals surface area contributed by atoms with Gasteiger partial charge >= 0.3 is 36.4 Å². The molecule has 0 aliphatic carbocycles. The van der Waals surface area contributed by atoms with Crippen LogP contribution in [0.3, 0.4) is 0 Å². The maximum absolute atomic E-state index is 2.36. The summed E-state index contributed by atoms with van der Waals surface area (Å²) in [5, 5.41) is 0. The van der Waals surface area contributed by atoms with E-state index in [4.69, 9.17) is 0 Å². The average molecular weight is 215 g/mol. The van der Waals surface area contributed by atoms with E-state index in [-0.39, 0.29) is 17.0 Å². The molecular weight excluding hydrogens is 203 g/mol. The minimum Gasteiger partial charge on any atom is -1.00 e. The fraction of sp³-hybridized carbons (Fsp3) is 1.00. The molecule has 0 spiro atoms. The molecule has 0 aliphatic rings. The van der Waals surface area contributed by atoms with E-state index in [1.165, 1.54) is 0 Å². The van der Waals surface area contributed by atoms with Gasteiger partial charge in [-0.25, -0.2) is 0 Å². The Labute approximate surface area is 53.5 Å². The standard InChI is InChI=1S/C4H12As.BrH/c1-5(2,3)4;/h1-4H3;1H/q+1;/p-1. The molecule has 40 valence electrons. The third-order valence-corrected chi connectivity index (χ3v) is 0. The van der Waals surface area contributed by atoms with Gasteiger partial charge in [-0.2, -0.15) is 0 Å². The van der Waals surface area contributed by atoms with Gasteiger partial charge in [0.05, 0.1) is 0 Å². The topological polar surface area (TPSA) is 0 Å². The van der Waals surface area contributed by atoms with Crippen molar-refractivity contribution < 1.29 is 17.0 Å². The quantitative estimate of drug-likeness (QED) is 0.452. The van der Waals surface area contributed by atoms with Crippen LogP contribution in [0.4, 0.5) is 0 Å². The Hall–Kier alpha value is 1.04. The molecule has 0 bridgehead atoms. The molecule has 0 aromatic rings. The Morgan fingerprint density at radius 1 is 0.833 bits per heavy atom. The summed E-state index contributed by atoms with van der Waals surface area (Å²) in [5.74, 6) is 0. The third kappa shape index (κ3) is 76.2. The Balaban J connectivity index is 0. The van der Waals surface area contributed by atoms with E-state index >= 15 is 0 Å². The van der Waals surface area contributed by atoms with E-state index in [0.717, 1.165) is 0 Å². The summed E-state index contributed by atoms with van der Waals surface area (Å²) >= 11 is -0.875. The molecule has 0 radical (unpaired) electrons. The van der Waals surface area contributed by atoms with Gasteiger partial charge in [0.15, 0.2) is 0 Å². The molecule has 0 heterocycles. The van der Waals surface area contributed by atoms with Crippen molar-refractivity contribution in [2.75, 3.05) is 0 Å². The largest absolute Gasteiger partial charge is 1.00 e. The average Bonchev–Trinajstić information content (AvgIpc) is 0.722. The summed E-state index contributed by atoms with van der Waals surface area (Å²) < 4.78 is 0. The fourth-order valence-corrected chi connectivity index (χ4v) is 0. The van der Waals surface area contributed by atoms with Gasteiger partial charge in [0, 0.05) is 0 Å². The molecule has 0 aliphatic heterocycles. The first kappa shape index (κ1) is 10.1. The van der Waals surface area contributed by atoms with Gasteiger partial charge in [0.1, 0.15) is 0 Å². The molecule has 0 fully saturated rings. The Morgan fingerprint density at radius 2 is 0.833 bits per heavy atom. The third-order valence-electron chi connectivity index (χ3n) is 0. The van der Waals surface area contributed by atoms with E-state index in [1.807, 2.05) is 0 Å². The minimum absolute atomic E-state index is 0. The summed E-state index contributed by atoms with van der Waals surface area (Å²) in [4.78, 5) is 0. The Bertz CT molecular complexity index is 23.0. The van der Waals surface area contributed by atoms with Crippen molar-refractivity contribution in [1.82, 2.24) is 0 Å². The molecule has 0 saturated carbocycles. The molecule has 0 nitrogen and oxygen atoms in total. The maximum Gasteiger partial charge on any atom is -1.00 e. The van der Waals surface area contributed by atoms with Gasteiger partial charge in [-0.05, 0) is 0 Å². The van der Waals surface area contributed by atoms with Crippen LogP contribution in [0, 0.1) is 0 Å². The van der Waals surface area contributed by atoms with E-state index in [0.29, 0.717) is 0 Å². The van der Waals surface area contributed by atoms with Crippen molar-refractivity contribution in [2.24, 2.45) is 0 Å². The summed E-state index contributed by atoms with van der Waals surface area (Å²) in [6, 6.07) is 0. The zero-order valence-corrected chi connectivity index (χ0v) is 8.29. The zero-order chi connectivity index (χ0) is 4.50. The second kappa shape index (κ2) is 3.09. The molecule has 0 aromatic carbocycles. The van der Waals surface area contributed by atoms with Crippen LogP contribution in [-0.2, 0) is 0 Å². The molecule has 0 atom stereocenters. The summed E-state index contributed by atoms with van der Waals surface area (Å²) in [7, 11) is 0. The first-order valence-corrected chi connectivity index (χ1v) is 9.30. The van der Waals surface area contributed by atoms with Crippen molar-refractivity contribution in [3.63, 3.8) is 0 Å². The SMILES string of the molecule is C[As+](C)(C)C.[Br-].